The molecule has 0 aromatic rings. The van der Waals surface area contributed by atoms with Crippen LogP contribution in [0.5, 0.6) is 0 Å². The van der Waals surface area contributed by atoms with Crippen LogP contribution in [0, 0.1) is 11.8 Å². The lowest BCUT2D eigenvalue weighted by Crippen LogP contribution is -2.46. The molecule has 19 heavy (non-hydrogen) atoms. The lowest BCUT2D eigenvalue weighted by molar-refractivity contribution is -0.133. The summed E-state index contributed by atoms with van der Waals surface area (Å²) in [7, 11) is 0. The number of amides is 1. The molecule has 106 valence electrons. The molecule has 1 unspecified atom stereocenters. The Labute approximate surface area is 116 Å². The third-order valence-electron chi connectivity index (χ3n) is 4.81. The van der Waals surface area contributed by atoms with Crippen molar-refractivity contribution in [3.05, 3.63) is 12.2 Å². The zero-order chi connectivity index (χ0) is 13.1. The fraction of sp³-hybridized carbons (Fsp3) is 0.812. The molecule has 0 radical (unpaired) electrons. The normalized spacial score (nSPS) is 28.6. The van der Waals surface area contributed by atoms with Crippen molar-refractivity contribution in [2.45, 2.75) is 51.0 Å². The molecule has 0 bridgehead atoms. The number of nitrogens with zero attached hydrogens (tertiary/aromatic N) is 1. The van der Waals surface area contributed by atoms with Gasteiger partial charge in [0.1, 0.15) is 0 Å². The highest BCUT2D eigenvalue weighted by atomic mass is 16.2. The number of carbonyl (C=O) groups excluding carboxylic acids is 1. The Balaban J connectivity index is 1.35. The molecule has 0 aromatic heterocycles. The summed E-state index contributed by atoms with van der Waals surface area (Å²) in [5, 5.41) is 3.72. The lowest BCUT2D eigenvalue weighted by atomic mass is 9.93. The van der Waals surface area contributed by atoms with E-state index in [9.17, 15) is 4.79 Å². The summed E-state index contributed by atoms with van der Waals surface area (Å²) in [4.78, 5) is 14.1. The van der Waals surface area contributed by atoms with Gasteiger partial charge in [-0.1, -0.05) is 12.2 Å². The first-order chi connectivity index (χ1) is 9.33. The van der Waals surface area contributed by atoms with Gasteiger partial charge in [-0.2, -0.15) is 0 Å². The van der Waals surface area contributed by atoms with Gasteiger partial charge in [-0.05, 0) is 57.4 Å². The summed E-state index contributed by atoms with van der Waals surface area (Å²) in [5.74, 6) is 1.64. The third-order valence-corrected chi connectivity index (χ3v) is 4.81. The van der Waals surface area contributed by atoms with Crippen molar-refractivity contribution in [2.24, 2.45) is 11.8 Å². The van der Waals surface area contributed by atoms with Crippen molar-refractivity contribution < 1.29 is 4.79 Å². The van der Waals surface area contributed by atoms with Crippen LogP contribution in [-0.4, -0.2) is 36.5 Å². The third kappa shape index (κ3) is 3.59. The van der Waals surface area contributed by atoms with Gasteiger partial charge in [0.2, 0.25) is 5.91 Å². The Morgan fingerprint density at radius 3 is 2.53 bits per heavy atom. The van der Waals surface area contributed by atoms with E-state index in [0.717, 1.165) is 51.2 Å². The zero-order valence-corrected chi connectivity index (χ0v) is 11.8. The first kappa shape index (κ1) is 13.2. The highest BCUT2D eigenvalue weighted by Crippen LogP contribution is 2.31. The summed E-state index contributed by atoms with van der Waals surface area (Å²) < 4.78 is 0. The van der Waals surface area contributed by atoms with E-state index in [4.69, 9.17) is 0 Å². The van der Waals surface area contributed by atoms with E-state index in [0.29, 0.717) is 17.9 Å². The topological polar surface area (TPSA) is 32.3 Å². The Kier molecular flexibility index (Phi) is 4.21. The summed E-state index contributed by atoms with van der Waals surface area (Å²) in [5.41, 5.74) is 0. The predicted octanol–water partition coefficient (Wildman–Crippen LogP) is 2.33. The van der Waals surface area contributed by atoms with E-state index < -0.39 is 0 Å². The van der Waals surface area contributed by atoms with Crippen LogP contribution in [-0.2, 0) is 4.79 Å². The smallest absolute Gasteiger partial charge is 0.225 e. The van der Waals surface area contributed by atoms with Gasteiger partial charge in [-0.25, -0.2) is 0 Å². The van der Waals surface area contributed by atoms with Gasteiger partial charge < -0.3 is 10.2 Å². The molecule has 2 fully saturated rings. The molecule has 1 aliphatic heterocycles. The van der Waals surface area contributed by atoms with Gasteiger partial charge in [-0.3, -0.25) is 4.79 Å². The van der Waals surface area contributed by atoms with Crippen LogP contribution in [0.25, 0.3) is 0 Å². The summed E-state index contributed by atoms with van der Waals surface area (Å²) in [6.45, 7) is 3.10. The molecule has 3 rings (SSSR count). The maximum atomic E-state index is 12.0. The van der Waals surface area contributed by atoms with E-state index in [1.54, 1.807) is 0 Å². The molecule has 1 amide bonds. The summed E-state index contributed by atoms with van der Waals surface area (Å²) in [6, 6.07) is 0.633. The SMILES string of the molecule is O=C(C1CC1)N1CCC(NCC2CC=CCC2)CC1. The minimum atomic E-state index is 0.388. The second-order valence-corrected chi connectivity index (χ2v) is 6.43. The number of nitrogens with one attached hydrogen (secondary N) is 1. The van der Waals surface area contributed by atoms with Crippen molar-refractivity contribution in [3.63, 3.8) is 0 Å². The van der Waals surface area contributed by atoms with E-state index in [1.165, 1.54) is 19.3 Å². The van der Waals surface area contributed by atoms with Crippen molar-refractivity contribution in [3.8, 4) is 0 Å². The number of carbonyl (C=O) groups is 1. The molecule has 3 nitrogen and oxygen atoms in total. The monoisotopic (exact) mass is 262 g/mol. The fourth-order valence-corrected chi connectivity index (χ4v) is 3.27. The van der Waals surface area contributed by atoms with Crippen LogP contribution in [0.4, 0.5) is 0 Å². The molecule has 3 heteroatoms. The van der Waals surface area contributed by atoms with Crippen molar-refractivity contribution in [2.75, 3.05) is 19.6 Å². The van der Waals surface area contributed by atoms with E-state index in [2.05, 4.69) is 22.4 Å². The van der Waals surface area contributed by atoms with Crippen molar-refractivity contribution in [1.82, 2.24) is 10.2 Å². The van der Waals surface area contributed by atoms with Crippen LogP contribution >= 0.6 is 0 Å². The fourth-order valence-electron chi connectivity index (χ4n) is 3.27. The Hall–Kier alpha value is -0.830. The Morgan fingerprint density at radius 2 is 1.89 bits per heavy atom. The molecule has 0 spiro atoms. The number of hydrogen-bond donors (Lipinski definition) is 1. The van der Waals surface area contributed by atoms with Gasteiger partial charge in [-0.15, -0.1) is 0 Å². The average Bonchev–Trinajstić information content (AvgIpc) is 3.31. The van der Waals surface area contributed by atoms with Crippen LogP contribution < -0.4 is 5.32 Å². The summed E-state index contributed by atoms with van der Waals surface area (Å²) >= 11 is 0. The van der Waals surface area contributed by atoms with Gasteiger partial charge in [0.05, 0.1) is 0 Å². The number of piperidine rings is 1. The lowest BCUT2D eigenvalue weighted by Gasteiger charge is -2.33. The maximum Gasteiger partial charge on any atom is 0.225 e. The van der Waals surface area contributed by atoms with Crippen LogP contribution in [0.3, 0.4) is 0 Å². The average molecular weight is 262 g/mol. The van der Waals surface area contributed by atoms with E-state index in [-0.39, 0.29) is 0 Å². The zero-order valence-electron chi connectivity index (χ0n) is 11.8. The van der Waals surface area contributed by atoms with Gasteiger partial charge in [0, 0.05) is 25.0 Å². The number of hydrogen-bond acceptors (Lipinski definition) is 2. The second kappa shape index (κ2) is 6.08. The number of rotatable bonds is 4. The predicted molar refractivity (Wildman–Crippen MR) is 76.8 cm³/mol. The summed E-state index contributed by atoms with van der Waals surface area (Å²) in [6.07, 6.45) is 13.0. The van der Waals surface area contributed by atoms with Gasteiger partial charge >= 0.3 is 0 Å². The minimum Gasteiger partial charge on any atom is -0.342 e. The van der Waals surface area contributed by atoms with Gasteiger partial charge in [0.15, 0.2) is 0 Å². The molecule has 3 aliphatic rings. The molecule has 1 atom stereocenters. The first-order valence-corrected chi connectivity index (χ1v) is 8.00. The second-order valence-electron chi connectivity index (χ2n) is 6.43. The number of allylic oxidation sites excluding steroid dienone is 2. The quantitative estimate of drug-likeness (QED) is 0.789. The molecule has 0 aromatic carbocycles. The standard InChI is InChI=1S/C16H26N2O/c19-16(14-6-7-14)18-10-8-15(9-11-18)17-12-13-4-2-1-3-5-13/h1-2,13-15,17H,3-12H2. The Morgan fingerprint density at radius 1 is 1.11 bits per heavy atom. The van der Waals surface area contributed by atoms with Gasteiger partial charge in [0.25, 0.3) is 0 Å². The molecular weight excluding hydrogens is 236 g/mol. The number of likely N-dealkylation sites (tertiary alicyclic amines) is 1. The molecule has 2 aliphatic carbocycles. The Bertz CT molecular complexity index is 341. The minimum absolute atomic E-state index is 0.388. The molecule has 1 saturated heterocycles. The van der Waals surface area contributed by atoms with Crippen molar-refractivity contribution in [1.29, 1.82) is 0 Å². The van der Waals surface area contributed by atoms with Crippen LogP contribution in [0.2, 0.25) is 0 Å². The van der Waals surface area contributed by atoms with Crippen LogP contribution in [0.1, 0.15) is 44.9 Å². The largest absolute Gasteiger partial charge is 0.342 e. The van der Waals surface area contributed by atoms with E-state index in [1.807, 2.05) is 0 Å². The van der Waals surface area contributed by atoms with Crippen molar-refractivity contribution >= 4 is 5.91 Å². The van der Waals surface area contributed by atoms with Crippen LogP contribution in [0.15, 0.2) is 12.2 Å². The highest BCUT2D eigenvalue weighted by molar-refractivity contribution is 5.81. The molecule has 1 saturated carbocycles. The molecule has 1 N–H and O–H groups in total. The highest BCUT2D eigenvalue weighted by Gasteiger charge is 2.34. The van der Waals surface area contributed by atoms with E-state index >= 15 is 0 Å². The first-order valence-electron chi connectivity index (χ1n) is 8.00. The maximum absolute atomic E-state index is 12.0. The molecular formula is C16H26N2O. The molecule has 1 heterocycles.